The van der Waals surface area contributed by atoms with Crippen molar-refractivity contribution in [2.45, 2.75) is 4.90 Å². The van der Waals surface area contributed by atoms with Gasteiger partial charge in [-0.3, -0.25) is 14.8 Å². The van der Waals surface area contributed by atoms with Gasteiger partial charge >= 0.3 is 0 Å². The van der Waals surface area contributed by atoms with Crippen LogP contribution in [-0.2, 0) is 14.8 Å². The second-order valence-electron chi connectivity index (χ2n) is 5.71. The van der Waals surface area contributed by atoms with Gasteiger partial charge in [0, 0.05) is 31.0 Å². The summed E-state index contributed by atoms with van der Waals surface area (Å²) in [4.78, 5) is 20.5. The molecular weight excluding hydrogens is 368 g/mol. The number of ether oxygens (including phenoxy) is 1. The Hall–Kier alpha value is -3.04. The molecule has 27 heavy (non-hydrogen) atoms. The molecule has 2 heterocycles. The average Bonchev–Trinajstić information content (AvgIpc) is 2.68. The molecule has 0 bridgehead atoms. The Labute approximate surface area is 156 Å². The zero-order valence-corrected chi connectivity index (χ0v) is 15.6. The lowest BCUT2D eigenvalue weighted by Crippen LogP contribution is -2.35. The van der Waals surface area contributed by atoms with Gasteiger partial charge in [-0.25, -0.2) is 8.42 Å². The summed E-state index contributed by atoms with van der Waals surface area (Å²) in [5.74, 6) is 0.111. The van der Waals surface area contributed by atoms with Crippen molar-refractivity contribution in [2.24, 2.45) is 0 Å². The molecule has 0 aliphatic rings. The van der Waals surface area contributed by atoms with E-state index in [0.717, 1.165) is 4.31 Å². The van der Waals surface area contributed by atoms with E-state index in [4.69, 9.17) is 4.74 Å². The standard InChI is InChI=1S/C18H18N4O4S/c1-22(27(24,25)13-5-3-9-19-11-13)12-17(23)21-15-7-8-16(26-2)18-14(15)6-4-10-20-18/h3-11H,12H2,1-2H3,(H,21,23). The predicted octanol–water partition coefficient (Wildman–Crippen LogP) is 1.90. The van der Waals surface area contributed by atoms with Crippen molar-refractivity contribution in [3.63, 3.8) is 0 Å². The summed E-state index contributed by atoms with van der Waals surface area (Å²) < 4.78 is 31.2. The van der Waals surface area contributed by atoms with Crippen LogP contribution in [-0.4, -0.2) is 49.3 Å². The third-order valence-corrected chi connectivity index (χ3v) is 5.72. The summed E-state index contributed by atoms with van der Waals surface area (Å²) in [5, 5.41) is 3.43. The molecule has 1 amide bonds. The van der Waals surface area contributed by atoms with E-state index in [1.165, 1.54) is 31.6 Å². The van der Waals surface area contributed by atoms with E-state index in [1.807, 2.05) is 0 Å². The first kappa shape index (κ1) is 18.7. The number of nitrogens with zero attached hydrogens (tertiary/aromatic N) is 3. The Kier molecular flexibility index (Phi) is 5.33. The van der Waals surface area contributed by atoms with Crippen molar-refractivity contribution in [1.29, 1.82) is 0 Å². The molecule has 9 heteroatoms. The highest BCUT2D eigenvalue weighted by atomic mass is 32.2. The van der Waals surface area contributed by atoms with Gasteiger partial charge in [0.25, 0.3) is 0 Å². The van der Waals surface area contributed by atoms with Gasteiger partial charge in [0.2, 0.25) is 15.9 Å². The van der Waals surface area contributed by atoms with E-state index in [0.29, 0.717) is 22.3 Å². The van der Waals surface area contributed by atoms with Crippen LogP contribution in [0.5, 0.6) is 5.75 Å². The molecule has 1 N–H and O–H groups in total. The molecule has 2 aromatic heterocycles. The number of carbonyl (C=O) groups excluding carboxylic acids is 1. The van der Waals surface area contributed by atoms with Gasteiger partial charge in [0.15, 0.2) is 0 Å². The van der Waals surface area contributed by atoms with E-state index in [1.54, 1.807) is 37.6 Å². The molecule has 3 rings (SSSR count). The average molecular weight is 386 g/mol. The quantitative estimate of drug-likeness (QED) is 0.694. The molecule has 1 aromatic carbocycles. The third-order valence-electron chi connectivity index (χ3n) is 3.94. The van der Waals surface area contributed by atoms with E-state index in [-0.39, 0.29) is 11.4 Å². The normalized spacial score (nSPS) is 11.5. The fourth-order valence-electron chi connectivity index (χ4n) is 2.58. The van der Waals surface area contributed by atoms with Gasteiger partial charge in [-0.2, -0.15) is 4.31 Å². The van der Waals surface area contributed by atoms with E-state index < -0.39 is 15.9 Å². The van der Waals surface area contributed by atoms with Gasteiger partial charge in [-0.1, -0.05) is 0 Å². The Balaban J connectivity index is 1.80. The molecule has 140 valence electrons. The van der Waals surface area contributed by atoms with Gasteiger partial charge in [-0.15, -0.1) is 0 Å². The van der Waals surface area contributed by atoms with E-state index in [9.17, 15) is 13.2 Å². The number of anilines is 1. The number of pyridine rings is 2. The van der Waals surface area contributed by atoms with Crippen LogP contribution in [0.1, 0.15) is 0 Å². The van der Waals surface area contributed by atoms with Crippen LogP contribution in [0.2, 0.25) is 0 Å². The fraction of sp³-hybridized carbons (Fsp3) is 0.167. The van der Waals surface area contributed by atoms with Crippen molar-refractivity contribution >= 4 is 32.5 Å². The minimum Gasteiger partial charge on any atom is -0.494 e. The topological polar surface area (TPSA) is 101 Å². The Morgan fingerprint density at radius 2 is 1.96 bits per heavy atom. The largest absolute Gasteiger partial charge is 0.494 e. The van der Waals surface area contributed by atoms with Crippen LogP contribution in [0.15, 0.2) is 59.9 Å². The van der Waals surface area contributed by atoms with Gasteiger partial charge in [0.1, 0.15) is 16.2 Å². The minimum atomic E-state index is -3.80. The minimum absolute atomic E-state index is 0.0272. The highest BCUT2D eigenvalue weighted by Crippen LogP contribution is 2.29. The number of aromatic nitrogens is 2. The summed E-state index contributed by atoms with van der Waals surface area (Å²) in [5.41, 5.74) is 1.13. The molecule has 0 fully saturated rings. The van der Waals surface area contributed by atoms with Gasteiger partial charge in [0.05, 0.1) is 19.3 Å². The van der Waals surface area contributed by atoms with Crippen molar-refractivity contribution < 1.29 is 17.9 Å². The lowest BCUT2D eigenvalue weighted by molar-refractivity contribution is -0.116. The Bertz CT molecular complexity index is 1070. The van der Waals surface area contributed by atoms with Crippen LogP contribution in [0, 0.1) is 0 Å². The summed E-state index contributed by atoms with van der Waals surface area (Å²) in [6.45, 7) is -0.342. The van der Waals surface area contributed by atoms with Crippen LogP contribution >= 0.6 is 0 Å². The second kappa shape index (κ2) is 7.68. The molecule has 0 saturated heterocycles. The number of amides is 1. The number of benzene rings is 1. The number of hydrogen-bond donors (Lipinski definition) is 1. The SMILES string of the molecule is COc1ccc(NC(=O)CN(C)S(=O)(=O)c2cccnc2)c2cccnc12. The Morgan fingerprint density at radius 1 is 1.19 bits per heavy atom. The fourth-order valence-corrected chi connectivity index (χ4v) is 3.67. The maximum absolute atomic E-state index is 12.5. The first-order valence-electron chi connectivity index (χ1n) is 8.01. The molecule has 0 saturated carbocycles. The number of hydrogen-bond acceptors (Lipinski definition) is 6. The lowest BCUT2D eigenvalue weighted by atomic mass is 10.1. The number of nitrogens with one attached hydrogen (secondary N) is 1. The first-order valence-corrected chi connectivity index (χ1v) is 9.45. The number of likely N-dealkylation sites (N-methyl/N-ethyl adjacent to an activating group) is 1. The van der Waals surface area contributed by atoms with Crippen LogP contribution in [0.4, 0.5) is 5.69 Å². The van der Waals surface area contributed by atoms with Gasteiger partial charge in [-0.05, 0) is 36.4 Å². The second-order valence-corrected chi connectivity index (χ2v) is 7.76. The number of methoxy groups -OCH3 is 1. The molecule has 0 aliphatic heterocycles. The summed E-state index contributed by atoms with van der Waals surface area (Å²) in [6, 6.07) is 9.89. The summed E-state index contributed by atoms with van der Waals surface area (Å²) in [6.07, 6.45) is 4.35. The molecule has 0 unspecified atom stereocenters. The smallest absolute Gasteiger partial charge is 0.244 e. The number of rotatable bonds is 6. The van der Waals surface area contributed by atoms with E-state index >= 15 is 0 Å². The monoisotopic (exact) mass is 386 g/mol. The van der Waals surface area contributed by atoms with Crippen molar-refractivity contribution in [3.8, 4) is 5.75 Å². The van der Waals surface area contributed by atoms with Crippen LogP contribution in [0.3, 0.4) is 0 Å². The molecule has 0 atom stereocenters. The predicted molar refractivity (Wildman–Crippen MR) is 101 cm³/mol. The van der Waals surface area contributed by atoms with Crippen molar-refractivity contribution in [2.75, 3.05) is 26.0 Å². The van der Waals surface area contributed by atoms with Crippen molar-refractivity contribution in [3.05, 3.63) is 55.0 Å². The zero-order chi connectivity index (χ0) is 19.4. The van der Waals surface area contributed by atoms with Crippen LogP contribution < -0.4 is 10.1 Å². The van der Waals surface area contributed by atoms with Gasteiger partial charge < -0.3 is 10.1 Å². The third kappa shape index (κ3) is 3.88. The van der Waals surface area contributed by atoms with E-state index in [2.05, 4.69) is 15.3 Å². The first-order chi connectivity index (χ1) is 12.9. The summed E-state index contributed by atoms with van der Waals surface area (Å²) >= 11 is 0. The number of fused-ring (bicyclic) bond motifs is 1. The molecule has 0 radical (unpaired) electrons. The summed E-state index contributed by atoms with van der Waals surface area (Å²) in [7, 11) is -0.917. The molecule has 0 aliphatic carbocycles. The molecular formula is C18H18N4O4S. The molecule has 0 spiro atoms. The Morgan fingerprint density at radius 3 is 2.67 bits per heavy atom. The maximum Gasteiger partial charge on any atom is 0.244 e. The lowest BCUT2D eigenvalue weighted by Gasteiger charge is -2.17. The van der Waals surface area contributed by atoms with Crippen LogP contribution in [0.25, 0.3) is 10.9 Å². The number of carbonyl (C=O) groups is 1. The zero-order valence-electron chi connectivity index (χ0n) is 14.8. The molecule has 8 nitrogen and oxygen atoms in total. The molecule has 3 aromatic rings. The highest BCUT2D eigenvalue weighted by Gasteiger charge is 2.23. The maximum atomic E-state index is 12.5. The highest BCUT2D eigenvalue weighted by molar-refractivity contribution is 7.89. The number of sulfonamides is 1. The van der Waals surface area contributed by atoms with Crippen molar-refractivity contribution in [1.82, 2.24) is 14.3 Å².